The Hall–Kier alpha value is -4.17. The van der Waals surface area contributed by atoms with E-state index >= 15 is 0 Å². The van der Waals surface area contributed by atoms with E-state index in [4.69, 9.17) is 0 Å². The number of nitrogens with one attached hydrogen (secondary N) is 2. The van der Waals surface area contributed by atoms with E-state index in [9.17, 15) is 9.90 Å². The highest BCUT2D eigenvalue weighted by molar-refractivity contribution is 6.04. The van der Waals surface area contributed by atoms with Gasteiger partial charge in [0.1, 0.15) is 12.5 Å². The van der Waals surface area contributed by atoms with Gasteiger partial charge < -0.3 is 15.3 Å². The molecule has 0 spiro atoms. The molecule has 34 heavy (non-hydrogen) atoms. The summed E-state index contributed by atoms with van der Waals surface area (Å²) in [6.07, 6.45) is 1.08. The van der Waals surface area contributed by atoms with Crippen molar-refractivity contribution in [2.75, 3.05) is 22.6 Å². The first-order chi connectivity index (χ1) is 16.5. The molecular formula is C26H26N6O2. The third kappa shape index (κ3) is 3.68. The molecule has 1 aliphatic rings. The zero-order valence-electron chi connectivity index (χ0n) is 19.0. The number of aromatic nitrogens is 3. The van der Waals surface area contributed by atoms with E-state index in [0.717, 1.165) is 22.5 Å². The maximum absolute atomic E-state index is 12.9. The minimum absolute atomic E-state index is 0.263. The molecule has 172 valence electrons. The molecule has 3 aromatic carbocycles. The summed E-state index contributed by atoms with van der Waals surface area (Å²) in [5.41, 5.74) is 2.33. The Kier molecular flexibility index (Phi) is 5.51. The van der Waals surface area contributed by atoms with Crippen molar-refractivity contribution in [1.82, 2.24) is 14.8 Å². The van der Waals surface area contributed by atoms with Gasteiger partial charge in [0.05, 0.1) is 11.4 Å². The lowest BCUT2D eigenvalue weighted by molar-refractivity contribution is 0.0611. The summed E-state index contributed by atoms with van der Waals surface area (Å²) in [5.74, 6) is -0.0332. The summed E-state index contributed by atoms with van der Waals surface area (Å²) in [7, 11) is 1.91. The number of anilines is 3. The Morgan fingerprint density at radius 1 is 1.06 bits per heavy atom. The van der Waals surface area contributed by atoms with Gasteiger partial charge in [-0.25, -0.2) is 4.98 Å². The van der Waals surface area contributed by atoms with Crippen LogP contribution in [0.3, 0.4) is 0 Å². The average Bonchev–Trinajstić information content (AvgIpc) is 3.48. The van der Waals surface area contributed by atoms with Crippen molar-refractivity contribution in [2.45, 2.75) is 25.2 Å². The van der Waals surface area contributed by atoms with Crippen LogP contribution in [0.2, 0.25) is 0 Å². The molecule has 1 unspecified atom stereocenters. The number of aryl methyl sites for hydroxylation is 1. The zero-order valence-corrected chi connectivity index (χ0v) is 19.0. The molecule has 0 saturated carbocycles. The highest BCUT2D eigenvalue weighted by Crippen LogP contribution is 2.43. The number of hydrogen-bond donors (Lipinski definition) is 3. The van der Waals surface area contributed by atoms with Crippen molar-refractivity contribution >= 4 is 23.2 Å². The topological polar surface area (TPSA) is 95.3 Å². The molecule has 4 aromatic rings. The molecule has 2 heterocycles. The van der Waals surface area contributed by atoms with Crippen LogP contribution in [0.5, 0.6) is 0 Å². The maximum Gasteiger partial charge on any atom is 0.258 e. The first-order valence-electron chi connectivity index (χ1n) is 11.2. The number of hydrogen-bond acceptors (Lipinski definition) is 6. The second-order valence-corrected chi connectivity index (χ2v) is 8.27. The molecule has 0 bridgehead atoms. The second kappa shape index (κ2) is 8.64. The fourth-order valence-electron chi connectivity index (χ4n) is 4.40. The van der Waals surface area contributed by atoms with E-state index in [-0.39, 0.29) is 11.9 Å². The van der Waals surface area contributed by atoms with Gasteiger partial charge in [-0.1, -0.05) is 60.7 Å². The standard InChI is InChI=1S/C26H26N6O2/c1-3-32-17-27-25(30-32)29-23(33)18-14-15-21-22(16-18)31(2)24(28-21)26(34,19-10-6-4-7-11-19)20-12-8-5-9-13-20/h4-17,24,28,34H,3H2,1-2H3,(H,29,30,33). The largest absolute Gasteiger partial charge is 0.376 e. The third-order valence-corrected chi connectivity index (χ3v) is 6.23. The van der Waals surface area contributed by atoms with Crippen LogP contribution in [0.1, 0.15) is 28.4 Å². The number of fused-ring (bicyclic) bond motifs is 1. The Balaban J connectivity index is 1.47. The molecule has 8 nitrogen and oxygen atoms in total. The zero-order chi connectivity index (χ0) is 23.7. The summed E-state index contributed by atoms with van der Waals surface area (Å²) in [6.45, 7) is 2.62. The van der Waals surface area contributed by atoms with Crippen LogP contribution in [0, 0.1) is 0 Å². The van der Waals surface area contributed by atoms with Gasteiger partial charge in [0.15, 0.2) is 5.60 Å². The quantitative estimate of drug-likeness (QED) is 0.411. The molecule has 1 aliphatic heterocycles. The fraction of sp³-hybridized carbons (Fsp3) is 0.192. The normalized spacial score (nSPS) is 15.0. The number of carbonyl (C=O) groups is 1. The van der Waals surface area contributed by atoms with Crippen LogP contribution in [-0.4, -0.2) is 39.0 Å². The van der Waals surface area contributed by atoms with Crippen LogP contribution in [0.25, 0.3) is 0 Å². The number of likely N-dealkylation sites (N-methyl/N-ethyl adjacent to an activating group) is 1. The molecule has 1 amide bonds. The van der Waals surface area contributed by atoms with E-state index < -0.39 is 11.8 Å². The van der Waals surface area contributed by atoms with Gasteiger partial charge in [0.25, 0.3) is 5.91 Å². The van der Waals surface area contributed by atoms with E-state index in [1.807, 2.05) is 91.7 Å². The van der Waals surface area contributed by atoms with Crippen molar-refractivity contribution < 1.29 is 9.90 Å². The van der Waals surface area contributed by atoms with E-state index in [0.29, 0.717) is 12.1 Å². The summed E-state index contributed by atoms with van der Waals surface area (Å²) >= 11 is 0. The number of amides is 1. The smallest absolute Gasteiger partial charge is 0.258 e. The van der Waals surface area contributed by atoms with Crippen molar-refractivity contribution in [2.24, 2.45) is 0 Å². The van der Waals surface area contributed by atoms with Crippen LogP contribution in [0.4, 0.5) is 17.3 Å². The van der Waals surface area contributed by atoms with Gasteiger partial charge in [-0.2, -0.15) is 0 Å². The van der Waals surface area contributed by atoms with Crippen molar-refractivity contribution in [3.05, 3.63) is 102 Å². The summed E-state index contributed by atoms with van der Waals surface area (Å²) in [5, 5.41) is 22.6. The van der Waals surface area contributed by atoms with Gasteiger partial charge in [0, 0.05) is 19.2 Å². The molecular weight excluding hydrogens is 428 g/mol. The highest BCUT2D eigenvalue weighted by atomic mass is 16.3. The van der Waals surface area contributed by atoms with E-state index in [1.54, 1.807) is 17.1 Å². The van der Waals surface area contributed by atoms with Crippen molar-refractivity contribution in [3.8, 4) is 0 Å². The van der Waals surface area contributed by atoms with Gasteiger partial charge >= 0.3 is 0 Å². The van der Waals surface area contributed by atoms with Gasteiger partial charge in [-0.15, -0.1) is 5.10 Å². The predicted molar refractivity (Wildman–Crippen MR) is 132 cm³/mol. The molecule has 0 saturated heterocycles. The highest BCUT2D eigenvalue weighted by Gasteiger charge is 2.46. The molecule has 1 atom stereocenters. The molecule has 8 heteroatoms. The van der Waals surface area contributed by atoms with Crippen LogP contribution in [0.15, 0.2) is 85.2 Å². The summed E-state index contributed by atoms with van der Waals surface area (Å²) in [6, 6.07) is 24.6. The Morgan fingerprint density at radius 2 is 1.71 bits per heavy atom. The molecule has 0 fully saturated rings. The van der Waals surface area contributed by atoms with Crippen LogP contribution < -0.4 is 15.5 Å². The first kappa shape index (κ1) is 21.7. The van der Waals surface area contributed by atoms with Crippen LogP contribution >= 0.6 is 0 Å². The van der Waals surface area contributed by atoms with Gasteiger partial charge in [-0.05, 0) is 36.2 Å². The number of benzene rings is 3. The van der Waals surface area contributed by atoms with Crippen LogP contribution in [-0.2, 0) is 12.1 Å². The minimum Gasteiger partial charge on any atom is -0.376 e. The average molecular weight is 455 g/mol. The number of aliphatic hydroxyl groups is 1. The molecule has 5 rings (SSSR count). The van der Waals surface area contributed by atoms with Gasteiger partial charge in [-0.3, -0.25) is 14.8 Å². The number of nitrogens with zero attached hydrogens (tertiary/aromatic N) is 4. The van der Waals surface area contributed by atoms with Crippen molar-refractivity contribution in [3.63, 3.8) is 0 Å². The Bertz CT molecular complexity index is 1270. The fourth-order valence-corrected chi connectivity index (χ4v) is 4.40. The number of rotatable bonds is 6. The molecule has 1 aromatic heterocycles. The maximum atomic E-state index is 12.9. The summed E-state index contributed by atoms with van der Waals surface area (Å²) in [4.78, 5) is 18.9. The molecule has 0 aliphatic carbocycles. The lowest BCUT2D eigenvalue weighted by Crippen LogP contribution is -2.52. The second-order valence-electron chi connectivity index (χ2n) is 8.27. The van der Waals surface area contributed by atoms with E-state index in [1.165, 1.54) is 0 Å². The van der Waals surface area contributed by atoms with E-state index in [2.05, 4.69) is 20.7 Å². The first-order valence-corrected chi connectivity index (χ1v) is 11.2. The molecule has 3 N–H and O–H groups in total. The van der Waals surface area contributed by atoms with Gasteiger partial charge in [0.2, 0.25) is 5.95 Å². The third-order valence-electron chi connectivity index (χ3n) is 6.23. The SMILES string of the molecule is CCn1cnc(NC(=O)c2ccc3c(c2)N(C)C(C(O)(c2ccccc2)c2ccccc2)N3)n1. The Labute approximate surface area is 197 Å². The predicted octanol–water partition coefficient (Wildman–Crippen LogP) is 3.67. The minimum atomic E-state index is -1.34. The lowest BCUT2D eigenvalue weighted by Gasteiger charge is -2.39. The molecule has 0 radical (unpaired) electrons. The monoisotopic (exact) mass is 454 g/mol. The summed E-state index contributed by atoms with van der Waals surface area (Å²) < 4.78 is 1.65. The number of carbonyl (C=O) groups excluding carboxylic acids is 1. The Morgan fingerprint density at radius 3 is 2.29 bits per heavy atom. The van der Waals surface area contributed by atoms with Crippen molar-refractivity contribution in [1.29, 1.82) is 0 Å². The lowest BCUT2D eigenvalue weighted by atomic mass is 9.83.